The number of hydrogen-bond donors (Lipinski definition) is 3. The molecule has 0 fully saturated rings. The van der Waals surface area contributed by atoms with Crippen molar-refractivity contribution in [3.63, 3.8) is 0 Å². The smallest absolute Gasteiger partial charge is 0.271 e. The van der Waals surface area contributed by atoms with Crippen molar-refractivity contribution in [2.75, 3.05) is 0 Å². The number of thiophene rings is 1. The number of fused-ring (bicyclic) bond motifs is 1. The van der Waals surface area contributed by atoms with Crippen LogP contribution in [0.2, 0.25) is 0 Å². The van der Waals surface area contributed by atoms with Gasteiger partial charge in [-0.3, -0.25) is 20.4 Å². The van der Waals surface area contributed by atoms with Crippen LogP contribution in [0.3, 0.4) is 0 Å². The van der Waals surface area contributed by atoms with Crippen LogP contribution in [0.4, 0.5) is 0 Å². The molecule has 4 rings (SSSR count). The Morgan fingerprint density at radius 3 is 2.89 bits per heavy atom. The Kier molecular flexibility index (Phi) is 4.67. The molecule has 3 N–H and O–H groups in total. The van der Waals surface area contributed by atoms with Gasteiger partial charge in [0, 0.05) is 40.9 Å². The Hall–Kier alpha value is -3.46. The topological polar surface area (TPSA) is 113 Å². The highest BCUT2D eigenvalue weighted by Gasteiger charge is 2.14. The van der Waals surface area contributed by atoms with E-state index in [9.17, 15) is 9.59 Å². The number of H-pyrrole nitrogens is 1. The van der Waals surface area contributed by atoms with Crippen LogP contribution in [0, 0.1) is 0 Å². The highest BCUT2D eigenvalue weighted by molar-refractivity contribution is 7.08. The lowest BCUT2D eigenvalue weighted by Gasteiger charge is -2.06. The van der Waals surface area contributed by atoms with E-state index in [1.165, 1.54) is 11.3 Å². The molecule has 0 bridgehead atoms. The molecule has 0 unspecified atom stereocenters. The van der Waals surface area contributed by atoms with Crippen molar-refractivity contribution < 1.29 is 14.0 Å². The van der Waals surface area contributed by atoms with E-state index in [4.69, 9.17) is 4.42 Å². The van der Waals surface area contributed by atoms with Crippen LogP contribution in [-0.4, -0.2) is 27.0 Å². The summed E-state index contributed by atoms with van der Waals surface area (Å²) in [6.45, 7) is 0. The summed E-state index contributed by atoms with van der Waals surface area (Å²) in [6, 6.07) is 9.32. The molecule has 8 nitrogen and oxygen atoms in total. The number of amides is 2. The largest absolute Gasteiger partial charge is 0.421 e. The minimum Gasteiger partial charge on any atom is -0.421 e. The van der Waals surface area contributed by atoms with Gasteiger partial charge in [-0.05, 0) is 17.5 Å². The van der Waals surface area contributed by atoms with Gasteiger partial charge in [0.25, 0.3) is 5.91 Å². The number of rotatable bonds is 5. The number of nitrogens with zero attached hydrogens (tertiary/aromatic N) is 2. The van der Waals surface area contributed by atoms with E-state index >= 15 is 0 Å². The summed E-state index contributed by atoms with van der Waals surface area (Å²) in [6.07, 6.45) is 2.00. The number of nitrogens with one attached hydrogen (secondary N) is 3. The van der Waals surface area contributed by atoms with E-state index < -0.39 is 5.91 Å². The summed E-state index contributed by atoms with van der Waals surface area (Å²) < 4.78 is 5.52. The van der Waals surface area contributed by atoms with Gasteiger partial charge in [0.2, 0.25) is 17.7 Å². The van der Waals surface area contributed by atoms with Crippen LogP contribution in [0.5, 0.6) is 0 Å². The number of carbonyl (C=O) groups excluding carboxylic acids is 2. The summed E-state index contributed by atoms with van der Waals surface area (Å²) in [5.74, 6) is 0.0606. The van der Waals surface area contributed by atoms with Crippen LogP contribution >= 0.6 is 11.3 Å². The summed E-state index contributed by atoms with van der Waals surface area (Å²) in [7, 11) is 0. The van der Waals surface area contributed by atoms with Gasteiger partial charge in [-0.25, -0.2) is 0 Å². The predicted octanol–water partition coefficient (Wildman–Crippen LogP) is 2.67. The van der Waals surface area contributed by atoms with E-state index in [2.05, 4.69) is 26.0 Å². The molecule has 0 aliphatic heterocycles. The van der Waals surface area contributed by atoms with E-state index in [0.29, 0.717) is 17.3 Å². The fraction of sp³-hybridized carbons (Fsp3) is 0.111. The van der Waals surface area contributed by atoms with Gasteiger partial charge in [-0.15, -0.1) is 10.2 Å². The van der Waals surface area contributed by atoms with Crippen molar-refractivity contribution in [2.45, 2.75) is 12.8 Å². The number of aromatic nitrogens is 3. The molecular formula is C18H15N5O3S. The lowest BCUT2D eigenvalue weighted by atomic mass is 10.2. The zero-order chi connectivity index (χ0) is 18.6. The number of aryl methyl sites for hydroxylation is 1. The summed E-state index contributed by atoms with van der Waals surface area (Å²) in [4.78, 5) is 27.2. The quantitative estimate of drug-likeness (QED) is 0.460. The van der Waals surface area contributed by atoms with Gasteiger partial charge in [0.05, 0.1) is 5.56 Å². The average molecular weight is 381 g/mol. The Bertz CT molecular complexity index is 1080. The number of aromatic amines is 1. The first-order valence-corrected chi connectivity index (χ1v) is 9.15. The standard InChI is InChI=1S/C18H15N5O3S/c24-15(5-6-16-21-23-18(26-16)11-7-8-27-10-11)20-22-17(25)13-9-19-14-4-2-1-3-12(13)14/h1-4,7-10,19H,5-6H2,(H,20,24)(H,22,25). The Labute approximate surface area is 157 Å². The molecule has 2 amide bonds. The van der Waals surface area contributed by atoms with Crippen molar-refractivity contribution in [2.24, 2.45) is 0 Å². The first kappa shape index (κ1) is 17.0. The normalized spacial score (nSPS) is 10.8. The van der Waals surface area contributed by atoms with Crippen LogP contribution in [0.1, 0.15) is 22.7 Å². The van der Waals surface area contributed by atoms with Crippen LogP contribution < -0.4 is 10.9 Å². The number of hydrazine groups is 1. The van der Waals surface area contributed by atoms with Crippen molar-refractivity contribution in [3.05, 3.63) is 58.7 Å². The van der Waals surface area contributed by atoms with Gasteiger partial charge in [-0.1, -0.05) is 18.2 Å². The lowest BCUT2D eigenvalue weighted by molar-refractivity contribution is -0.121. The fourth-order valence-corrected chi connectivity index (χ4v) is 3.22. The molecule has 9 heteroatoms. The third-order valence-electron chi connectivity index (χ3n) is 3.95. The van der Waals surface area contributed by atoms with Crippen LogP contribution in [0.15, 0.2) is 51.7 Å². The third kappa shape index (κ3) is 3.72. The molecule has 0 atom stereocenters. The molecule has 0 saturated carbocycles. The van der Waals surface area contributed by atoms with Gasteiger partial charge < -0.3 is 9.40 Å². The number of benzene rings is 1. The fourth-order valence-electron chi connectivity index (χ4n) is 2.59. The molecule has 27 heavy (non-hydrogen) atoms. The maximum absolute atomic E-state index is 12.2. The number of para-hydroxylation sites is 1. The molecule has 3 heterocycles. The maximum Gasteiger partial charge on any atom is 0.271 e. The maximum atomic E-state index is 12.2. The highest BCUT2D eigenvalue weighted by Crippen LogP contribution is 2.20. The second-order valence-corrected chi connectivity index (χ2v) is 6.54. The second kappa shape index (κ2) is 7.42. The van der Waals surface area contributed by atoms with Crippen LogP contribution in [0.25, 0.3) is 22.4 Å². The predicted molar refractivity (Wildman–Crippen MR) is 99.8 cm³/mol. The van der Waals surface area contributed by atoms with Gasteiger partial charge in [-0.2, -0.15) is 11.3 Å². The second-order valence-electron chi connectivity index (χ2n) is 5.76. The first-order chi connectivity index (χ1) is 13.2. The molecule has 0 spiro atoms. The molecule has 1 aromatic carbocycles. The minimum absolute atomic E-state index is 0.111. The van der Waals surface area contributed by atoms with Gasteiger partial charge in [0.1, 0.15) is 0 Å². The SMILES string of the molecule is O=C(CCc1nnc(-c2ccsc2)o1)NNC(=O)c1c[nH]c2ccccc12. The van der Waals surface area contributed by atoms with E-state index in [1.807, 2.05) is 41.1 Å². The van der Waals surface area contributed by atoms with Crippen LogP contribution in [-0.2, 0) is 11.2 Å². The molecule has 3 aromatic heterocycles. The lowest BCUT2D eigenvalue weighted by Crippen LogP contribution is -2.41. The zero-order valence-electron chi connectivity index (χ0n) is 14.1. The molecule has 0 radical (unpaired) electrons. The van der Waals surface area contributed by atoms with E-state index in [0.717, 1.165) is 16.5 Å². The van der Waals surface area contributed by atoms with Crippen molar-refractivity contribution >= 4 is 34.1 Å². The van der Waals surface area contributed by atoms with Crippen molar-refractivity contribution in [1.29, 1.82) is 0 Å². The van der Waals surface area contributed by atoms with Gasteiger partial charge in [0.15, 0.2) is 0 Å². The van der Waals surface area contributed by atoms with Crippen molar-refractivity contribution in [3.8, 4) is 11.5 Å². The summed E-state index contributed by atoms with van der Waals surface area (Å²) in [5.41, 5.74) is 6.99. The van der Waals surface area contributed by atoms with Crippen molar-refractivity contribution in [1.82, 2.24) is 26.0 Å². The number of carbonyl (C=O) groups is 2. The zero-order valence-corrected chi connectivity index (χ0v) is 14.9. The Balaban J connectivity index is 1.29. The molecule has 4 aromatic rings. The molecule has 0 aliphatic carbocycles. The molecule has 136 valence electrons. The first-order valence-electron chi connectivity index (χ1n) is 8.21. The highest BCUT2D eigenvalue weighted by atomic mass is 32.1. The molecule has 0 saturated heterocycles. The summed E-state index contributed by atoms with van der Waals surface area (Å²) >= 11 is 1.54. The molecule has 0 aliphatic rings. The van der Waals surface area contributed by atoms with E-state index in [-0.39, 0.29) is 18.7 Å². The molecular weight excluding hydrogens is 366 g/mol. The number of hydrogen-bond acceptors (Lipinski definition) is 6. The van der Waals surface area contributed by atoms with Gasteiger partial charge >= 0.3 is 0 Å². The third-order valence-corrected chi connectivity index (χ3v) is 4.63. The Morgan fingerprint density at radius 2 is 2.04 bits per heavy atom. The summed E-state index contributed by atoms with van der Waals surface area (Å²) in [5, 5.41) is 12.5. The van der Waals surface area contributed by atoms with E-state index in [1.54, 1.807) is 6.20 Å². The minimum atomic E-state index is -0.390. The average Bonchev–Trinajstić information content (AvgIpc) is 3.44. The monoisotopic (exact) mass is 381 g/mol. The Morgan fingerprint density at radius 1 is 1.15 bits per heavy atom.